The second-order valence-corrected chi connectivity index (χ2v) is 28.8. The molecular weight excluding hydrogens is 1290 g/mol. The summed E-state index contributed by atoms with van der Waals surface area (Å²) in [4.78, 5) is 13.5. The van der Waals surface area contributed by atoms with Crippen LogP contribution in [0.4, 0.5) is 0 Å². The highest BCUT2D eigenvalue weighted by Gasteiger charge is 2.54. The number of ether oxygens (including phenoxy) is 6. The number of amides is 1. The van der Waals surface area contributed by atoms with Crippen molar-refractivity contribution in [2.24, 2.45) is 0 Å². The topological polar surface area (TPSA) is 307 Å². The average molecular weight is 1440 g/mol. The van der Waals surface area contributed by atoms with Crippen molar-refractivity contribution < 1.29 is 89.4 Å². The molecule has 101 heavy (non-hydrogen) atoms. The van der Waals surface area contributed by atoms with E-state index in [9.17, 15) is 61.0 Å². The Bertz CT molecular complexity index is 2110. The van der Waals surface area contributed by atoms with Gasteiger partial charge in [0.05, 0.1) is 38.6 Å². The van der Waals surface area contributed by atoms with Gasteiger partial charge in [-0.05, 0) is 70.6 Å². The van der Waals surface area contributed by atoms with Crippen molar-refractivity contribution >= 4 is 5.91 Å². The third-order valence-corrected chi connectivity index (χ3v) is 20.0. The van der Waals surface area contributed by atoms with Crippen molar-refractivity contribution in [2.45, 2.75) is 413 Å². The summed E-state index contributed by atoms with van der Waals surface area (Å²) in [5.74, 6) is -0.289. The van der Waals surface area contributed by atoms with Gasteiger partial charge in [0.15, 0.2) is 18.9 Å². The summed E-state index contributed by atoms with van der Waals surface area (Å²) in [7, 11) is 0. The zero-order valence-electron chi connectivity index (χ0n) is 62.9. The Morgan fingerprint density at radius 1 is 0.366 bits per heavy atom. The Labute approximate surface area is 610 Å². The molecule has 3 fully saturated rings. The molecule has 19 heteroatoms. The van der Waals surface area contributed by atoms with E-state index >= 15 is 0 Å². The zero-order chi connectivity index (χ0) is 73.2. The molecule has 3 aliphatic heterocycles. The highest BCUT2D eigenvalue weighted by Crippen LogP contribution is 2.33. The summed E-state index contributed by atoms with van der Waals surface area (Å²) in [5.41, 5.74) is 0. The maximum Gasteiger partial charge on any atom is 0.220 e. The third kappa shape index (κ3) is 42.4. The minimum absolute atomic E-state index is 0.227. The van der Waals surface area contributed by atoms with Crippen LogP contribution in [-0.4, -0.2) is 193 Å². The molecule has 0 saturated carbocycles. The smallest absolute Gasteiger partial charge is 0.220 e. The molecule has 3 heterocycles. The van der Waals surface area contributed by atoms with Gasteiger partial charge in [-0.3, -0.25) is 4.79 Å². The van der Waals surface area contributed by atoms with Gasteiger partial charge in [0, 0.05) is 6.42 Å². The van der Waals surface area contributed by atoms with Gasteiger partial charge in [-0.2, -0.15) is 0 Å². The molecule has 1 amide bonds. The Morgan fingerprint density at radius 2 is 0.693 bits per heavy atom. The van der Waals surface area contributed by atoms with E-state index in [-0.39, 0.29) is 18.9 Å². The van der Waals surface area contributed by atoms with Crippen LogP contribution in [0.5, 0.6) is 0 Å². The standard InChI is InChI=1S/C82H147NO18/c1-3-5-7-9-11-13-15-17-19-21-23-25-27-28-29-30-31-32-33-34-35-36-38-39-41-43-45-47-49-51-53-55-57-59-66(87)65(83-70(88)60-58-56-54-52-50-48-46-44-42-40-37-26-24-22-20-18-16-14-12-10-8-6-4-2)64-96-80-76(94)73(91)78(68(62-85)98-80)101-82-77(95)74(92)79(69(63-86)99-82)100-81-75(93)72(90)71(89)67(61-84)97-81/h6,8,12,14,18,20,24,26,49,51,57,59,65-69,71-82,84-87,89-95H,3-5,7,9-11,13,15-17,19,21-23,25,27-48,50,52-56,58,60-64H2,1-2H3,(H,83,88)/b8-6-,14-12-,20-18-,26-24-,51-49+,59-57+. The average Bonchev–Trinajstić information content (AvgIpc) is 0.782. The molecule has 17 unspecified atom stereocenters. The third-order valence-electron chi connectivity index (χ3n) is 20.0. The van der Waals surface area contributed by atoms with Crippen molar-refractivity contribution in [3.8, 4) is 0 Å². The van der Waals surface area contributed by atoms with E-state index in [0.29, 0.717) is 12.8 Å². The van der Waals surface area contributed by atoms with E-state index in [1.807, 2.05) is 6.08 Å². The van der Waals surface area contributed by atoms with Crippen LogP contribution in [-0.2, 0) is 33.2 Å². The number of aliphatic hydroxyl groups excluding tert-OH is 11. The summed E-state index contributed by atoms with van der Waals surface area (Å²) in [6.07, 6.45) is 54.7. The van der Waals surface area contributed by atoms with E-state index in [2.05, 4.69) is 79.9 Å². The minimum Gasteiger partial charge on any atom is -0.394 e. The van der Waals surface area contributed by atoms with Gasteiger partial charge in [-0.1, -0.05) is 305 Å². The van der Waals surface area contributed by atoms with Crippen LogP contribution in [0.2, 0.25) is 0 Å². The zero-order valence-corrected chi connectivity index (χ0v) is 62.9. The molecule has 3 aliphatic rings. The number of unbranched alkanes of at least 4 members (excludes halogenated alkanes) is 38. The number of carbonyl (C=O) groups excluding carboxylic acids is 1. The van der Waals surface area contributed by atoms with Crippen molar-refractivity contribution in [1.82, 2.24) is 5.32 Å². The molecule has 3 rings (SSSR count). The summed E-state index contributed by atoms with van der Waals surface area (Å²) < 4.78 is 34.4. The molecule has 0 aromatic rings. The number of hydrogen-bond donors (Lipinski definition) is 12. The van der Waals surface area contributed by atoms with Gasteiger partial charge >= 0.3 is 0 Å². The van der Waals surface area contributed by atoms with Crippen molar-refractivity contribution in [1.29, 1.82) is 0 Å². The van der Waals surface area contributed by atoms with E-state index < -0.39 is 124 Å². The van der Waals surface area contributed by atoms with E-state index in [0.717, 1.165) is 77.0 Å². The van der Waals surface area contributed by atoms with Crippen LogP contribution in [0.15, 0.2) is 72.9 Å². The molecule has 0 radical (unpaired) electrons. The van der Waals surface area contributed by atoms with Crippen molar-refractivity contribution in [3.05, 3.63) is 72.9 Å². The molecule has 588 valence electrons. The predicted molar refractivity (Wildman–Crippen MR) is 401 cm³/mol. The van der Waals surface area contributed by atoms with Crippen molar-refractivity contribution in [2.75, 3.05) is 26.4 Å². The first-order valence-corrected chi connectivity index (χ1v) is 40.7. The monoisotopic (exact) mass is 1430 g/mol. The summed E-state index contributed by atoms with van der Waals surface area (Å²) >= 11 is 0. The van der Waals surface area contributed by atoms with Gasteiger partial charge in [0.1, 0.15) is 73.2 Å². The quantitative estimate of drug-likeness (QED) is 0.0199. The molecule has 12 N–H and O–H groups in total. The van der Waals surface area contributed by atoms with Gasteiger partial charge in [-0.15, -0.1) is 0 Å². The fourth-order valence-electron chi connectivity index (χ4n) is 13.5. The van der Waals surface area contributed by atoms with Gasteiger partial charge in [0.2, 0.25) is 5.91 Å². The van der Waals surface area contributed by atoms with Crippen LogP contribution >= 0.6 is 0 Å². The molecule has 0 spiro atoms. The first kappa shape index (κ1) is 92.4. The fourth-order valence-corrected chi connectivity index (χ4v) is 13.5. The first-order chi connectivity index (χ1) is 49.3. The molecular formula is C82H147NO18. The second kappa shape index (κ2) is 62.3. The number of hydrogen-bond acceptors (Lipinski definition) is 18. The van der Waals surface area contributed by atoms with Crippen LogP contribution in [0, 0.1) is 0 Å². The predicted octanol–water partition coefficient (Wildman–Crippen LogP) is 13.6. The van der Waals surface area contributed by atoms with Crippen LogP contribution in [0.25, 0.3) is 0 Å². The summed E-state index contributed by atoms with van der Waals surface area (Å²) in [5, 5.41) is 121. The number of aliphatic hydroxyl groups is 11. The fraction of sp³-hybridized carbons (Fsp3) is 0.841. The lowest BCUT2D eigenvalue weighted by Crippen LogP contribution is -2.66. The van der Waals surface area contributed by atoms with Crippen molar-refractivity contribution in [3.63, 3.8) is 0 Å². The van der Waals surface area contributed by atoms with E-state index in [1.165, 1.54) is 199 Å². The molecule has 0 aromatic heterocycles. The summed E-state index contributed by atoms with van der Waals surface area (Å²) in [6, 6.07) is -0.998. The second-order valence-electron chi connectivity index (χ2n) is 28.8. The number of carbonyl (C=O) groups is 1. The Morgan fingerprint density at radius 3 is 1.11 bits per heavy atom. The largest absolute Gasteiger partial charge is 0.394 e. The molecule has 0 aliphatic carbocycles. The Kier molecular flexibility index (Phi) is 57.0. The lowest BCUT2D eigenvalue weighted by Gasteiger charge is -2.48. The van der Waals surface area contributed by atoms with Gasteiger partial charge in [0.25, 0.3) is 0 Å². The number of allylic oxidation sites excluding steroid dienone is 11. The Hall–Kier alpha value is -2.77. The van der Waals surface area contributed by atoms with E-state index in [4.69, 9.17) is 28.4 Å². The number of nitrogens with one attached hydrogen (secondary N) is 1. The highest BCUT2D eigenvalue weighted by molar-refractivity contribution is 5.76. The van der Waals surface area contributed by atoms with Crippen LogP contribution in [0.1, 0.15) is 309 Å². The molecule has 17 atom stereocenters. The van der Waals surface area contributed by atoms with Gasteiger partial charge < -0.3 is 89.9 Å². The van der Waals surface area contributed by atoms with E-state index in [1.54, 1.807) is 6.08 Å². The highest BCUT2D eigenvalue weighted by atomic mass is 16.8. The Balaban J connectivity index is 1.38. The lowest BCUT2D eigenvalue weighted by molar-refractivity contribution is -0.379. The molecule has 19 nitrogen and oxygen atoms in total. The maximum atomic E-state index is 13.5. The van der Waals surface area contributed by atoms with Crippen LogP contribution in [0.3, 0.4) is 0 Å². The molecule has 0 aromatic carbocycles. The maximum absolute atomic E-state index is 13.5. The summed E-state index contributed by atoms with van der Waals surface area (Å²) in [6.45, 7) is 1.63. The molecule has 3 saturated heterocycles. The van der Waals surface area contributed by atoms with Crippen LogP contribution < -0.4 is 5.32 Å². The first-order valence-electron chi connectivity index (χ1n) is 40.7. The van der Waals surface area contributed by atoms with Gasteiger partial charge in [-0.25, -0.2) is 0 Å². The minimum atomic E-state index is -1.99. The normalized spacial score (nSPS) is 26.7. The SMILES string of the molecule is CC/C=C\C/C=C\C/C=C\C/C=C\CCCCCCCCCCCCC(=O)NC(COC1OC(CO)C(OC2OC(CO)C(OC3OC(CO)C(O)C(O)C3O)C(O)C2O)C(O)C1O)C(O)/C=C/CC/C=C/CCCCCCCCCCCCCCCCCCCCCCCCCCCCC. The molecule has 0 bridgehead atoms. The lowest BCUT2D eigenvalue weighted by atomic mass is 9.96. The number of rotatable bonds is 64.